The third-order valence-electron chi connectivity index (χ3n) is 5.76. The number of piperidine rings is 1. The van der Waals surface area contributed by atoms with Gasteiger partial charge < -0.3 is 10.2 Å². The first-order valence-corrected chi connectivity index (χ1v) is 13.7. The molecule has 0 radical (unpaired) electrons. The maximum Gasteiger partial charge on any atom is 0.264 e. The summed E-state index contributed by atoms with van der Waals surface area (Å²) in [6.07, 6.45) is 4.51. The monoisotopic (exact) mass is 521 g/mol. The molecular weight excluding hydrogens is 498 g/mol. The Labute approximate surface area is 212 Å². The largest absolute Gasteiger partial charge is 0.354 e. The molecule has 4 aromatic rings. The van der Waals surface area contributed by atoms with Gasteiger partial charge in [-0.2, -0.15) is 0 Å². The number of carbonyl (C=O) groups is 1. The van der Waals surface area contributed by atoms with Gasteiger partial charge in [-0.3, -0.25) is 4.79 Å². The van der Waals surface area contributed by atoms with E-state index < -0.39 is 10.0 Å². The molecule has 1 aromatic carbocycles. The van der Waals surface area contributed by atoms with E-state index in [0.717, 1.165) is 35.8 Å². The normalized spacial score (nSPS) is 15.9. The summed E-state index contributed by atoms with van der Waals surface area (Å²) in [4.78, 5) is 23.9. The average molecular weight is 522 g/mol. The first-order valence-electron chi connectivity index (χ1n) is 11.3. The lowest BCUT2D eigenvalue weighted by Crippen LogP contribution is -2.41. The van der Waals surface area contributed by atoms with Crippen LogP contribution < -0.4 is 14.9 Å². The van der Waals surface area contributed by atoms with Gasteiger partial charge in [-0.25, -0.2) is 23.1 Å². The minimum absolute atomic E-state index is 0.0115. The predicted molar refractivity (Wildman–Crippen MR) is 138 cm³/mol. The van der Waals surface area contributed by atoms with Gasteiger partial charge in [0.25, 0.3) is 10.0 Å². The van der Waals surface area contributed by atoms with E-state index in [1.165, 1.54) is 24.5 Å². The number of sulfonamides is 1. The van der Waals surface area contributed by atoms with Gasteiger partial charge in [0.05, 0.1) is 15.7 Å². The topological polar surface area (TPSA) is 130 Å². The lowest BCUT2D eigenvalue weighted by atomic mass is 9.97. The van der Waals surface area contributed by atoms with Crippen molar-refractivity contribution in [3.8, 4) is 10.6 Å². The molecule has 1 aliphatic heterocycles. The number of nitrogens with zero attached hydrogens (tertiary/aromatic N) is 5. The van der Waals surface area contributed by atoms with E-state index in [0.29, 0.717) is 12.2 Å². The molecule has 4 heterocycles. The zero-order valence-corrected chi connectivity index (χ0v) is 20.7. The number of hydrogen-bond donors (Lipinski definition) is 2. The molecule has 1 unspecified atom stereocenters. The van der Waals surface area contributed by atoms with Gasteiger partial charge in [0.1, 0.15) is 5.69 Å². The van der Waals surface area contributed by atoms with Gasteiger partial charge in [0.2, 0.25) is 11.9 Å². The molecule has 0 aliphatic carbocycles. The Kier molecular flexibility index (Phi) is 6.87. The van der Waals surface area contributed by atoms with E-state index in [1.807, 2.05) is 29.6 Å². The second-order valence-corrected chi connectivity index (χ2v) is 10.9. The second-order valence-electron chi connectivity index (χ2n) is 8.23. The van der Waals surface area contributed by atoms with Crippen LogP contribution in [0.1, 0.15) is 12.8 Å². The predicted octanol–water partition coefficient (Wildman–Crippen LogP) is 3.65. The maximum absolute atomic E-state index is 13.0. The standard InChI is InChI=1S/C24H23N7O3S2/c32-23(27-18-6-8-19(9-7-18)36(33,34)30-24-25-12-3-13-26-24)17-4-1-14-31(16-17)22-11-10-20(28-29-22)21-5-2-15-35-21/h2-3,5-13,15,17H,1,4,14,16H2,(H,27,32)(H,25,26,30). The number of carbonyl (C=O) groups excluding carboxylic acids is 1. The molecule has 36 heavy (non-hydrogen) atoms. The fourth-order valence-electron chi connectivity index (χ4n) is 3.94. The molecule has 0 bridgehead atoms. The molecule has 0 spiro atoms. The fourth-order valence-corrected chi connectivity index (χ4v) is 5.59. The molecule has 12 heteroatoms. The number of hydrogen-bond acceptors (Lipinski definition) is 9. The van der Waals surface area contributed by atoms with Crippen molar-refractivity contribution < 1.29 is 13.2 Å². The molecule has 0 saturated carbocycles. The molecule has 184 valence electrons. The Morgan fingerprint density at radius 1 is 1.00 bits per heavy atom. The van der Waals surface area contributed by atoms with Crippen molar-refractivity contribution in [2.75, 3.05) is 28.0 Å². The van der Waals surface area contributed by atoms with E-state index in [1.54, 1.807) is 29.5 Å². The Morgan fingerprint density at radius 2 is 1.81 bits per heavy atom. The Hall–Kier alpha value is -3.90. The molecule has 10 nitrogen and oxygen atoms in total. The van der Waals surface area contributed by atoms with Gasteiger partial charge in [-0.1, -0.05) is 6.07 Å². The van der Waals surface area contributed by atoms with Crippen LogP contribution in [0.25, 0.3) is 10.6 Å². The number of nitrogens with one attached hydrogen (secondary N) is 2. The van der Waals surface area contributed by atoms with Crippen LogP contribution in [0.4, 0.5) is 17.5 Å². The van der Waals surface area contributed by atoms with E-state index in [2.05, 4.69) is 35.1 Å². The summed E-state index contributed by atoms with van der Waals surface area (Å²) in [5.41, 5.74) is 1.35. The zero-order chi connectivity index (χ0) is 25.0. The third kappa shape index (κ3) is 5.50. The number of rotatable bonds is 7. The highest BCUT2D eigenvalue weighted by Gasteiger charge is 2.27. The van der Waals surface area contributed by atoms with E-state index in [4.69, 9.17) is 0 Å². The number of amides is 1. The molecule has 1 aliphatic rings. The first-order chi connectivity index (χ1) is 17.5. The van der Waals surface area contributed by atoms with Gasteiger partial charge >= 0.3 is 0 Å². The van der Waals surface area contributed by atoms with Crippen molar-refractivity contribution in [1.82, 2.24) is 20.2 Å². The lowest BCUT2D eigenvalue weighted by Gasteiger charge is -2.32. The van der Waals surface area contributed by atoms with Crippen molar-refractivity contribution in [3.05, 3.63) is 72.4 Å². The number of thiophene rings is 1. The molecule has 2 N–H and O–H groups in total. The summed E-state index contributed by atoms with van der Waals surface area (Å²) in [6, 6.07) is 15.5. The van der Waals surface area contributed by atoms with Crippen molar-refractivity contribution in [2.24, 2.45) is 5.92 Å². The Bertz CT molecular complexity index is 1410. The van der Waals surface area contributed by atoms with Crippen LogP contribution in [-0.4, -0.2) is 47.6 Å². The van der Waals surface area contributed by atoms with Crippen LogP contribution in [0.2, 0.25) is 0 Å². The maximum atomic E-state index is 13.0. The Morgan fingerprint density at radius 3 is 2.50 bits per heavy atom. The SMILES string of the molecule is O=C(Nc1ccc(S(=O)(=O)Nc2ncccn2)cc1)C1CCCN(c2ccc(-c3cccs3)nn2)C1. The average Bonchev–Trinajstić information content (AvgIpc) is 3.45. The summed E-state index contributed by atoms with van der Waals surface area (Å²) in [5.74, 6) is 0.395. The smallest absolute Gasteiger partial charge is 0.264 e. The van der Waals surface area contributed by atoms with Crippen molar-refractivity contribution in [2.45, 2.75) is 17.7 Å². The lowest BCUT2D eigenvalue weighted by molar-refractivity contribution is -0.120. The highest BCUT2D eigenvalue weighted by atomic mass is 32.2. The number of anilines is 3. The summed E-state index contributed by atoms with van der Waals surface area (Å²) in [7, 11) is -3.84. The van der Waals surface area contributed by atoms with Crippen LogP contribution in [0, 0.1) is 5.92 Å². The van der Waals surface area contributed by atoms with Gasteiger partial charge in [0.15, 0.2) is 5.82 Å². The molecule has 1 amide bonds. The summed E-state index contributed by atoms with van der Waals surface area (Å²) < 4.78 is 27.4. The van der Waals surface area contributed by atoms with Crippen LogP contribution in [0.15, 0.2) is 77.3 Å². The minimum Gasteiger partial charge on any atom is -0.354 e. The van der Waals surface area contributed by atoms with Crippen LogP contribution >= 0.6 is 11.3 Å². The second kappa shape index (κ2) is 10.4. The third-order valence-corrected chi connectivity index (χ3v) is 8.00. The fraction of sp³-hybridized carbons (Fsp3) is 0.208. The van der Waals surface area contributed by atoms with Crippen LogP contribution in [-0.2, 0) is 14.8 Å². The van der Waals surface area contributed by atoms with Crippen LogP contribution in [0.3, 0.4) is 0 Å². The number of aromatic nitrogens is 4. The molecule has 3 aromatic heterocycles. The van der Waals surface area contributed by atoms with E-state index in [9.17, 15) is 13.2 Å². The molecular formula is C24H23N7O3S2. The highest BCUT2D eigenvalue weighted by molar-refractivity contribution is 7.92. The van der Waals surface area contributed by atoms with Crippen molar-refractivity contribution >= 4 is 44.7 Å². The van der Waals surface area contributed by atoms with Gasteiger partial charge in [-0.05, 0) is 66.8 Å². The van der Waals surface area contributed by atoms with Crippen molar-refractivity contribution in [1.29, 1.82) is 0 Å². The molecule has 1 fully saturated rings. The zero-order valence-electron chi connectivity index (χ0n) is 19.1. The van der Waals surface area contributed by atoms with E-state index >= 15 is 0 Å². The summed E-state index contributed by atoms with van der Waals surface area (Å²) in [6.45, 7) is 1.34. The summed E-state index contributed by atoms with van der Waals surface area (Å²) >= 11 is 1.61. The first kappa shape index (κ1) is 23.8. The van der Waals surface area contributed by atoms with Gasteiger partial charge in [0, 0.05) is 31.2 Å². The Balaban J connectivity index is 1.20. The van der Waals surface area contributed by atoms with Gasteiger partial charge in [-0.15, -0.1) is 21.5 Å². The molecule has 5 rings (SSSR count). The number of benzene rings is 1. The summed E-state index contributed by atoms with van der Waals surface area (Å²) in [5, 5.41) is 13.6. The highest BCUT2D eigenvalue weighted by Crippen LogP contribution is 2.26. The van der Waals surface area contributed by atoms with Crippen LogP contribution in [0.5, 0.6) is 0 Å². The van der Waals surface area contributed by atoms with E-state index in [-0.39, 0.29) is 22.7 Å². The quantitative estimate of drug-likeness (QED) is 0.377. The van der Waals surface area contributed by atoms with Crippen molar-refractivity contribution in [3.63, 3.8) is 0 Å². The minimum atomic E-state index is -3.84. The molecule has 1 atom stereocenters. The molecule has 1 saturated heterocycles.